The fourth-order valence-electron chi connectivity index (χ4n) is 1.67. The van der Waals surface area contributed by atoms with Crippen molar-refractivity contribution in [1.29, 1.82) is 0 Å². The molecule has 0 bridgehead atoms. The number of aromatic nitrogens is 1. The van der Waals surface area contributed by atoms with Crippen LogP contribution in [-0.2, 0) is 4.79 Å². The van der Waals surface area contributed by atoms with Gasteiger partial charge in [0.25, 0.3) is 0 Å². The largest absolute Gasteiger partial charge is 0.480 e. The Morgan fingerprint density at radius 3 is 2.47 bits per heavy atom. The number of carboxylic acid groups (broad SMARTS) is 1. The average molecular weight is 292 g/mol. The topological polar surface area (TPSA) is 50.2 Å². The van der Waals surface area contributed by atoms with Gasteiger partial charge >= 0.3 is 5.97 Å². The maximum atomic E-state index is 11.4. The third kappa shape index (κ3) is 2.53. The molecule has 0 spiro atoms. The lowest BCUT2D eigenvalue weighted by molar-refractivity contribution is -0.137. The molecule has 2 rings (SSSR count). The molecule has 86 valence electrons. The van der Waals surface area contributed by atoms with Crippen molar-refractivity contribution in [3.8, 4) is 0 Å². The number of benzene rings is 1. The Balaban J connectivity index is 2.51. The van der Waals surface area contributed by atoms with Crippen LogP contribution in [0.5, 0.6) is 0 Å². The molecule has 4 heteroatoms. The first kappa shape index (κ1) is 11.8. The molecule has 0 amide bonds. The van der Waals surface area contributed by atoms with E-state index < -0.39 is 11.9 Å². The second kappa shape index (κ2) is 5.10. The predicted octanol–water partition coefficient (Wildman–Crippen LogP) is 3.06. The van der Waals surface area contributed by atoms with Crippen LogP contribution in [0.15, 0.2) is 53.1 Å². The number of hydrogen-bond donors (Lipinski definition) is 1. The monoisotopic (exact) mass is 291 g/mol. The molecule has 0 aliphatic heterocycles. The molecular weight excluding hydrogens is 282 g/mol. The summed E-state index contributed by atoms with van der Waals surface area (Å²) < 4.78 is 0.776. The first-order valence-electron chi connectivity index (χ1n) is 5.08. The number of pyridine rings is 1. The summed E-state index contributed by atoms with van der Waals surface area (Å²) in [7, 11) is 0. The number of rotatable bonds is 3. The maximum Gasteiger partial charge on any atom is 0.317 e. The van der Waals surface area contributed by atoms with Crippen LogP contribution >= 0.6 is 15.9 Å². The van der Waals surface area contributed by atoms with E-state index in [-0.39, 0.29) is 0 Å². The van der Waals surface area contributed by atoms with E-state index in [1.807, 2.05) is 18.2 Å². The number of nitrogens with zero attached hydrogens (tertiary/aromatic N) is 1. The zero-order valence-corrected chi connectivity index (χ0v) is 10.5. The van der Waals surface area contributed by atoms with Gasteiger partial charge in [-0.15, -0.1) is 0 Å². The fraction of sp³-hybridized carbons (Fsp3) is 0.0769. The summed E-state index contributed by atoms with van der Waals surface area (Å²) in [6, 6.07) is 12.6. The van der Waals surface area contributed by atoms with Gasteiger partial charge in [-0.3, -0.25) is 9.78 Å². The molecule has 0 saturated carbocycles. The van der Waals surface area contributed by atoms with E-state index >= 15 is 0 Å². The van der Waals surface area contributed by atoms with Crippen LogP contribution in [0, 0.1) is 0 Å². The lowest BCUT2D eigenvalue weighted by Gasteiger charge is -2.13. The van der Waals surface area contributed by atoms with Gasteiger partial charge in [0.05, 0.1) is 5.69 Å². The second-order valence-electron chi connectivity index (χ2n) is 3.55. The molecule has 0 aliphatic rings. The van der Waals surface area contributed by atoms with Crippen LogP contribution in [0.2, 0.25) is 0 Å². The molecule has 1 N–H and O–H groups in total. The minimum Gasteiger partial charge on any atom is -0.480 e. The third-order valence-corrected chi connectivity index (χ3v) is 3.17. The minimum atomic E-state index is -0.907. The van der Waals surface area contributed by atoms with Gasteiger partial charge < -0.3 is 5.11 Å². The standard InChI is InChI=1S/C13H10BrNO2/c14-10-6-2-1-5-9(10)12(13(16)17)11-7-3-4-8-15-11/h1-8,12H,(H,16,17). The summed E-state index contributed by atoms with van der Waals surface area (Å²) in [6.07, 6.45) is 1.60. The number of carboxylic acids is 1. The number of hydrogen-bond acceptors (Lipinski definition) is 2. The van der Waals surface area contributed by atoms with E-state index in [0.29, 0.717) is 11.3 Å². The normalized spacial score (nSPS) is 12.1. The Hall–Kier alpha value is -1.68. The first-order chi connectivity index (χ1) is 8.20. The van der Waals surface area contributed by atoms with Gasteiger partial charge in [0.1, 0.15) is 5.92 Å². The van der Waals surface area contributed by atoms with Crippen molar-refractivity contribution >= 4 is 21.9 Å². The van der Waals surface area contributed by atoms with Crippen LogP contribution < -0.4 is 0 Å². The molecule has 0 radical (unpaired) electrons. The summed E-state index contributed by atoms with van der Waals surface area (Å²) >= 11 is 3.37. The molecule has 2 aromatic rings. The van der Waals surface area contributed by atoms with Crippen molar-refractivity contribution in [2.45, 2.75) is 5.92 Å². The first-order valence-corrected chi connectivity index (χ1v) is 5.87. The maximum absolute atomic E-state index is 11.4. The van der Waals surface area contributed by atoms with Gasteiger partial charge in [-0.05, 0) is 23.8 Å². The van der Waals surface area contributed by atoms with E-state index in [4.69, 9.17) is 0 Å². The Morgan fingerprint density at radius 1 is 1.18 bits per heavy atom. The molecule has 1 aromatic heterocycles. The summed E-state index contributed by atoms with van der Waals surface area (Å²) in [5.41, 5.74) is 1.24. The molecule has 1 heterocycles. The summed E-state index contributed by atoms with van der Waals surface area (Å²) in [4.78, 5) is 15.5. The lowest BCUT2D eigenvalue weighted by atomic mass is 9.95. The molecule has 1 aromatic carbocycles. The van der Waals surface area contributed by atoms with E-state index in [1.165, 1.54) is 0 Å². The molecule has 0 aliphatic carbocycles. The van der Waals surface area contributed by atoms with E-state index in [0.717, 1.165) is 4.47 Å². The molecule has 3 nitrogen and oxygen atoms in total. The Bertz CT molecular complexity index is 528. The zero-order chi connectivity index (χ0) is 12.3. The minimum absolute atomic E-state index is 0.534. The van der Waals surface area contributed by atoms with Gasteiger partial charge in [-0.1, -0.05) is 40.2 Å². The molecule has 17 heavy (non-hydrogen) atoms. The van der Waals surface area contributed by atoms with E-state index in [9.17, 15) is 9.90 Å². The molecule has 1 unspecified atom stereocenters. The number of aliphatic carboxylic acids is 1. The van der Waals surface area contributed by atoms with Crippen molar-refractivity contribution in [3.63, 3.8) is 0 Å². The summed E-state index contributed by atoms with van der Waals surface area (Å²) in [6.45, 7) is 0. The molecule has 1 atom stereocenters. The second-order valence-corrected chi connectivity index (χ2v) is 4.40. The Kier molecular flexibility index (Phi) is 3.54. The van der Waals surface area contributed by atoms with Gasteiger partial charge in [0.2, 0.25) is 0 Å². The van der Waals surface area contributed by atoms with Crippen molar-refractivity contribution in [3.05, 3.63) is 64.4 Å². The van der Waals surface area contributed by atoms with Crippen LogP contribution in [-0.4, -0.2) is 16.1 Å². The smallest absolute Gasteiger partial charge is 0.317 e. The van der Waals surface area contributed by atoms with Crippen LogP contribution in [0.1, 0.15) is 17.2 Å². The van der Waals surface area contributed by atoms with Gasteiger partial charge in [0, 0.05) is 10.7 Å². The van der Waals surface area contributed by atoms with Crippen molar-refractivity contribution in [2.75, 3.05) is 0 Å². The van der Waals surface area contributed by atoms with Gasteiger partial charge in [0.15, 0.2) is 0 Å². The van der Waals surface area contributed by atoms with Gasteiger partial charge in [-0.25, -0.2) is 0 Å². The highest BCUT2D eigenvalue weighted by Crippen LogP contribution is 2.29. The quantitative estimate of drug-likeness (QED) is 0.946. The predicted molar refractivity (Wildman–Crippen MR) is 67.9 cm³/mol. The van der Waals surface area contributed by atoms with Crippen LogP contribution in [0.3, 0.4) is 0 Å². The average Bonchev–Trinajstić information content (AvgIpc) is 2.33. The van der Waals surface area contributed by atoms with Gasteiger partial charge in [-0.2, -0.15) is 0 Å². The van der Waals surface area contributed by atoms with Crippen molar-refractivity contribution in [1.82, 2.24) is 4.98 Å². The number of halogens is 1. The lowest BCUT2D eigenvalue weighted by Crippen LogP contribution is -2.14. The highest BCUT2D eigenvalue weighted by Gasteiger charge is 2.24. The molecule has 0 fully saturated rings. The molecule has 0 saturated heterocycles. The Labute approximate surface area is 107 Å². The van der Waals surface area contributed by atoms with Crippen LogP contribution in [0.4, 0.5) is 0 Å². The highest BCUT2D eigenvalue weighted by atomic mass is 79.9. The molecular formula is C13H10BrNO2. The Morgan fingerprint density at radius 2 is 1.88 bits per heavy atom. The third-order valence-electron chi connectivity index (χ3n) is 2.45. The van der Waals surface area contributed by atoms with Crippen molar-refractivity contribution in [2.24, 2.45) is 0 Å². The van der Waals surface area contributed by atoms with E-state index in [1.54, 1.807) is 30.5 Å². The SMILES string of the molecule is O=C(O)C(c1ccccn1)c1ccccc1Br. The van der Waals surface area contributed by atoms with Crippen molar-refractivity contribution < 1.29 is 9.90 Å². The zero-order valence-electron chi connectivity index (χ0n) is 8.88. The van der Waals surface area contributed by atoms with E-state index in [2.05, 4.69) is 20.9 Å². The highest BCUT2D eigenvalue weighted by molar-refractivity contribution is 9.10. The summed E-state index contributed by atoms with van der Waals surface area (Å²) in [5.74, 6) is -1.65. The summed E-state index contributed by atoms with van der Waals surface area (Å²) in [5, 5.41) is 9.34. The number of carbonyl (C=O) groups is 1. The van der Waals surface area contributed by atoms with Crippen LogP contribution in [0.25, 0.3) is 0 Å². The fourth-order valence-corrected chi connectivity index (χ4v) is 2.19.